The first-order valence-electron chi connectivity index (χ1n) is 8.42. The SMILES string of the molecule is CCN(CC(=O)NC(C)c1ccccc1)Cc1ccc(OC)c(F)c1. The molecule has 1 N–H and O–H groups in total. The molecule has 0 bridgehead atoms. The van der Waals surface area contributed by atoms with Crippen LogP contribution in [0.1, 0.15) is 31.0 Å². The zero-order valence-corrected chi connectivity index (χ0v) is 15.0. The monoisotopic (exact) mass is 344 g/mol. The van der Waals surface area contributed by atoms with Crippen LogP contribution in [0.25, 0.3) is 0 Å². The minimum Gasteiger partial charge on any atom is -0.494 e. The van der Waals surface area contributed by atoms with Crippen molar-refractivity contribution >= 4 is 5.91 Å². The molecular formula is C20H25FN2O2. The van der Waals surface area contributed by atoms with E-state index in [2.05, 4.69) is 5.32 Å². The number of ether oxygens (including phenoxy) is 1. The Morgan fingerprint density at radius 2 is 1.96 bits per heavy atom. The quantitative estimate of drug-likeness (QED) is 0.796. The first kappa shape index (κ1) is 18.9. The molecule has 25 heavy (non-hydrogen) atoms. The van der Waals surface area contributed by atoms with Gasteiger partial charge in [-0.25, -0.2) is 4.39 Å². The number of nitrogens with one attached hydrogen (secondary N) is 1. The summed E-state index contributed by atoms with van der Waals surface area (Å²) in [5.74, 6) is -0.216. The molecule has 1 amide bonds. The van der Waals surface area contributed by atoms with Crippen LogP contribution in [0, 0.1) is 5.82 Å². The fourth-order valence-corrected chi connectivity index (χ4v) is 2.66. The average Bonchev–Trinajstić information content (AvgIpc) is 2.62. The van der Waals surface area contributed by atoms with Crippen molar-refractivity contribution in [3.63, 3.8) is 0 Å². The van der Waals surface area contributed by atoms with E-state index in [1.807, 2.05) is 55.1 Å². The minimum atomic E-state index is -0.391. The van der Waals surface area contributed by atoms with E-state index in [1.165, 1.54) is 13.2 Å². The summed E-state index contributed by atoms with van der Waals surface area (Å²) in [6.07, 6.45) is 0. The minimum absolute atomic E-state index is 0.0489. The predicted octanol–water partition coefficient (Wildman–Crippen LogP) is 3.53. The number of halogens is 1. The van der Waals surface area contributed by atoms with Gasteiger partial charge in [0.05, 0.1) is 19.7 Å². The van der Waals surface area contributed by atoms with Gasteiger partial charge in [-0.2, -0.15) is 0 Å². The van der Waals surface area contributed by atoms with E-state index in [-0.39, 0.29) is 24.2 Å². The Morgan fingerprint density at radius 3 is 2.56 bits per heavy atom. The standard InChI is InChI=1S/C20H25FN2O2/c1-4-23(13-16-10-11-19(25-3)18(21)12-16)14-20(24)22-15(2)17-8-6-5-7-9-17/h5-12,15H,4,13-14H2,1-3H3,(H,22,24). The molecular weight excluding hydrogens is 319 g/mol. The van der Waals surface area contributed by atoms with Gasteiger partial charge in [0.1, 0.15) is 0 Å². The van der Waals surface area contributed by atoms with E-state index in [4.69, 9.17) is 4.74 Å². The average molecular weight is 344 g/mol. The fourth-order valence-electron chi connectivity index (χ4n) is 2.66. The lowest BCUT2D eigenvalue weighted by molar-refractivity contribution is -0.123. The van der Waals surface area contributed by atoms with Gasteiger partial charge < -0.3 is 10.1 Å². The number of amides is 1. The van der Waals surface area contributed by atoms with E-state index < -0.39 is 5.82 Å². The smallest absolute Gasteiger partial charge is 0.234 e. The molecule has 2 aromatic carbocycles. The maximum absolute atomic E-state index is 13.8. The second kappa shape index (κ2) is 9.18. The van der Waals surface area contributed by atoms with Crippen LogP contribution in [0.15, 0.2) is 48.5 Å². The Balaban J connectivity index is 1.92. The summed E-state index contributed by atoms with van der Waals surface area (Å²) in [5.41, 5.74) is 1.88. The zero-order chi connectivity index (χ0) is 18.2. The molecule has 0 aliphatic rings. The fraction of sp³-hybridized carbons (Fsp3) is 0.350. The highest BCUT2D eigenvalue weighted by molar-refractivity contribution is 5.78. The molecule has 2 aromatic rings. The maximum Gasteiger partial charge on any atom is 0.234 e. The number of hydrogen-bond donors (Lipinski definition) is 1. The maximum atomic E-state index is 13.8. The summed E-state index contributed by atoms with van der Waals surface area (Å²) in [4.78, 5) is 14.3. The number of benzene rings is 2. The van der Waals surface area contributed by atoms with E-state index in [0.717, 1.165) is 11.1 Å². The number of nitrogens with zero attached hydrogens (tertiary/aromatic N) is 1. The largest absolute Gasteiger partial charge is 0.494 e. The topological polar surface area (TPSA) is 41.6 Å². The van der Waals surface area contributed by atoms with Gasteiger partial charge in [0.2, 0.25) is 5.91 Å². The Labute approximate surface area is 148 Å². The normalized spacial score (nSPS) is 12.0. The Kier molecular flexibility index (Phi) is 6.95. The van der Waals surface area contributed by atoms with Crippen molar-refractivity contribution in [2.24, 2.45) is 0 Å². The molecule has 0 radical (unpaired) electrons. The van der Waals surface area contributed by atoms with Gasteiger partial charge in [0.25, 0.3) is 0 Å². The van der Waals surface area contributed by atoms with Crippen LogP contribution >= 0.6 is 0 Å². The third-order valence-corrected chi connectivity index (χ3v) is 4.11. The van der Waals surface area contributed by atoms with E-state index in [9.17, 15) is 9.18 Å². The highest BCUT2D eigenvalue weighted by Gasteiger charge is 2.14. The van der Waals surface area contributed by atoms with Gasteiger partial charge in [-0.05, 0) is 36.7 Å². The van der Waals surface area contributed by atoms with Crippen molar-refractivity contribution < 1.29 is 13.9 Å². The lowest BCUT2D eigenvalue weighted by Gasteiger charge is -2.22. The van der Waals surface area contributed by atoms with Gasteiger partial charge in [0.15, 0.2) is 11.6 Å². The summed E-state index contributed by atoms with van der Waals surface area (Å²) in [5, 5.41) is 3.00. The number of likely N-dealkylation sites (N-methyl/N-ethyl adjacent to an activating group) is 1. The third-order valence-electron chi connectivity index (χ3n) is 4.11. The van der Waals surface area contributed by atoms with Crippen LogP contribution in [0.5, 0.6) is 5.75 Å². The van der Waals surface area contributed by atoms with Crippen LogP contribution < -0.4 is 10.1 Å². The zero-order valence-electron chi connectivity index (χ0n) is 15.0. The van der Waals surface area contributed by atoms with Crippen molar-refractivity contribution in [3.8, 4) is 5.75 Å². The molecule has 0 fully saturated rings. The molecule has 0 heterocycles. The molecule has 1 unspecified atom stereocenters. The molecule has 4 nitrogen and oxygen atoms in total. The number of hydrogen-bond acceptors (Lipinski definition) is 3. The molecule has 0 aromatic heterocycles. The third kappa shape index (κ3) is 5.57. The molecule has 0 saturated heterocycles. The van der Waals surface area contributed by atoms with Crippen LogP contribution in [-0.2, 0) is 11.3 Å². The second-order valence-corrected chi connectivity index (χ2v) is 5.97. The highest BCUT2D eigenvalue weighted by atomic mass is 19.1. The van der Waals surface area contributed by atoms with Gasteiger partial charge in [-0.3, -0.25) is 9.69 Å². The lowest BCUT2D eigenvalue weighted by atomic mass is 10.1. The van der Waals surface area contributed by atoms with Crippen molar-refractivity contribution in [1.29, 1.82) is 0 Å². The van der Waals surface area contributed by atoms with Crippen LogP contribution in [0.3, 0.4) is 0 Å². The molecule has 0 spiro atoms. The Bertz CT molecular complexity index is 691. The summed E-state index contributed by atoms with van der Waals surface area (Å²) in [6, 6.07) is 14.7. The highest BCUT2D eigenvalue weighted by Crippen LogP contribution is 2.18. The number of carbonyl (C=O) groups excluding carboxylic acids is 1. The first-order valence-corrected chi connectivity index (χ1v) is 8.42. The van der Waals surface area contributed by atoms with Crippen LogP contribution in [-0.4, -0.2) is 31.0 Å². The van der Waals surface area contributed by atoms with Crippen molar-refractivity contribution in [3.05, 3.63) is 65.5 Å². The molecule has 2 rings (SSSR count). The van der Waals surface area contributed by atoms with Crippen LogP contribution in [0.2, 0.25) is 0 Å². The second-order valence-electron chi connectivity index (χ2n) is 5.97. The first-order chi connectivity index (χ1) is 12.0. The number of rotatable bonds is 8. The lowest BCUT2D eigenvalue weighted by Crippen LogP contribution is -2.38. The van der Waals surface area contributed by atoms with Gasteiger partial charge >= 0.3 is 0 Å². The summed E-state index contributed by atoms with van der Waals surface area (Å²) < 4.78 is 18.7. The van der Waals surface area contributed by atoms with Gasteiger partial charge in [-0.15, -0.1) is 0 Å². The molecule has 1 atom stereocenters. The van der Waals surface area contributed by atoms with E-state index in [1.54, 1.807) is 6.07 Å². The number of methoxy groups -OCH3 is 1. The molecule has 134 valence electrons. The van der Waals surface area contributed by atoms with Crippen molar-refractivity contribution in [1.82, 2.24) is 10.2 Å². The van der Waals surface area contributed by atoms with Gasteiger partial charge in [0, 0.05) is 6.54 Å². The molecule has 0 aliphatic heterocycles. The van der Waals surface area contributed by atoms with Crippen molar-refractivity contribution in [2.75, 3.05) is 20.2 Å². The predicted molar refractivity (Wildman–Crippen MR) is 96.9 cm³/mol. The van der Waals surface area contributed by atoms with E-state index >= 15 is 0 Å². The van der Waals surface area contributed by atoms with Crippen LogP contribution in [0.4, 0.5) is 4.39 Å². The summed E-state index contributed by atoms with van der Waals surface area (Å²) in [7, 11) is 1.44. The number of carbonyl (C=O) groups is 1. The molecule has 0 saturated carbocycles. The molecule has 0 aliphatic carbocycles. The Hall–Kier alpha value is -2.40. The van der Waals surface area contributed by atoms with E-state index in [0.29, 0.717) is 13.1 Å². The van der Waals surface area contributed by atoms with Crippen molar-refractivity contribution in [2.45, 2.75) is 26.4 Å². The summed E-state index contributed by atoms with van der Waals surface area (Å²) >= 11 is 0. The summed E-state index contributed by atoms with van der Waals surface area (Å²) in [6.45, 7) is 5.41. The van der Waals surface area contributed by atoms with Gasteiger partial charge in [-0.1, -0.05) is 43.3 Å². The Morgan fingerprint density at radius 1 is 1.24 bits per heavy atom. The molecule has 5 heteroatoms.